The predicted molar refractivity (Wildman–Crippen MR) is 69.3 cm³/mol. The Hall–Kier alpha value is -2.00. The van der Waals surface area contributed by atoms with Crippen LogP contribution in [0.2, 0.25) is 0 Å². The molecule has 0 nitrogen and oxygen atoms in total. The molecule has 0 amide bonds. The molecule has 16 heavy (non-hydrogen) atoms. The van der Waals surface area contributed by atoms with E-state index in [0.29, 0.717) is 0 Å². The molecule has 0 unspecified atom stereocenters. The lowest BCUT2D eigenvalue weighted by Crippen LogP contribution is -1.83. The molecule has 0 aromatic heterocycles. The largest absolute Gasteiger partial charge is 0.115 e. The molecule has 0 radical (unpaired) electrons. The molecule has 0 heteroatoms. The third kappa shape index (κ3) is 2.15. The van der Waals surface area contributed by atoms with Gasteiger partial charge in [-0.3, -0.25) is 0 Å². The molecule has 0 atom stereocenters. The topological polar surface area (TPSA) is 0 Å². The van der Waals surface area contributed by atoms with Crippen molar-refractivity contribution in [3.63, 3.8) is 0 Å². The van der Waals surface area contributed by atoms with Crippen molar-refractivity contribution in [3.8, 4) is 23.5 Å². The van der Waals surface area contributed by atoms with Gasteiger partial charge in [-0.1, -0.05) is 47.4 Å². The number of hydrogen-bond acceptors (Lipinski definition) is 0. The molecule has 0 fully saturated rings. The first kappa shape index (κ1) is 10.5. The van der Waals surface area contributed by atoms with Crippen LogP contribution < -0.4 is 0 Å². The number of rotatable bonds is 1. The van der Waals surface area contributed by atoms with Crippen LogP contribution in [0.5, 0.6) is 0 Å². The summed E-state index contributed by atoms with van der Waals surface area (Å²) >= 11 is 0. The highest BCUT2D eigenvalue weighted by Crippen LogP contribution is 2.22. The van der Waals surface area contributed by atoms with Gasteiger partial charge in [0, 0.05) is 5.56 Å². The Balaban J connectivity index is 2.47. The minimum absolute atomic E-state index is 0.924. The third-order valence-corrected chi connectivity index (χ3v) is 2.61. The summed E-state index contributed by atoms with van der Waals surface area (Å²) in [7, 11) is 0. The predicted octanol–water partition coefficient (Wildman–Crippen LogP) is 3.95. The highest BCUT2D eigenvalue weighted by Gasteiger charge is 1.99. The summed E-state index contributed by atoms with van der Waals surface area (Å²) in [5.74, 6) is 2.63. The van der Waals surface area contributed by atoms with E-state index in [9.17, 15) is 0 Å². The highest BCUT2D eigenvalue weighted by molar-refractivity contribution is 5.65. The molecule has 0 saturated carbocycles. The van der Waals surface area contributed by atoms with E-state index in [1.54, 1.807) is 0 Å². The Morgan fingerprint density at radius 3 is 1.88 bits per heavy atom. The van der Waals surface area contributed by atoms with Gasteiger partial charge in [0.15, 0.2) is 0 Å². The van der Waals surface area contributed by atoms with Crippen molar-refractivity contribution in [1.29, 1.82) is 0 Å². The smallest absolute Gasteiger partial charge is 0.0243 e. The summed E-state index contributed by atoms with van der Waals surface area (Å²) in [4.78, 5) is 0. The molecule has 2 aromatic carbocycles. The van der Waals surface area contributed by atoms with Gasteiger partial charge in [-0.15, -0.1) is 6.42 Å². The second-order valence-electron chi connectivity index (χ2n) is 4.10. The molecule has 78 valence electrons. The maximum atomic E-state index is 5.34. The van der Waals surface area contributed by atoms with Crippen LogP contribution in [-0.2, 0) is 0 Å². The van der Waals surface area contributed by atoms with Gasteiger partial charge in [0.1, 0.15) is 0 Å². The quantitative estimate of drug-likeness (QED) is 0.620. The van der Waals surface area contributed by atoms with E-state index < -0.39 is 0 Å². The van der Waals surface area contributed by atoms with Crippen molar-refractivity contribution in [3.05, 3.63) is 59.2 Å². The Labute approximate surface area is 96.9 Å². The Morgan fingerprint density at radius 2 is 1.38 bits per heavy atom. The SMILES string of the molecule is C#Cc1ccc(-c2cc(C)cc(C)c2)cc1. The number of hydrogen-bond donors (Lipinski definition) is 0. The molecule has 0 saturated heterocycles. The van der Waals surface area contributed by atoms with E-state index >= 15 is 0 Å². The minimum Gasteiger partial charge on any atom is -0.115 e. The van der Waals surface area contributed by atoms with Gasteiger partial charge in [-0.05, 0) is 37.1 Å². The fraction of sp³-hybridized carbons (Fsp3) is 0.125. The zero-order valence-electron chi connectivity index (χ0n) is 9.62. The summed E-state index contributed by atoms with van der Waals surface area (Å²) in [5.41, 5.74) is 5.96. The third-order valence-electron chi connectivity index (χ3n) is 2.61. The van der Waals surface area contributed by atoms with Gasteiger partial charge in [0.25, 0.3) is 0 Å². The summed E-state index contributed by atoms with van der Waals surface area (Å²) in [6.07, 6.45) is 5.34. The zero-order chi connectivity index (χ0) is 11.5. The van der Waals surface area contributed by atoms with Crippen LogP contribution >= 0.6 is 0 Å². The molecule has 0 aliphatic carbocycles. The van der Waals surface area contributed by atoms with Crippen LogP contribution in [0.3, 0.4) is 0 Å². The number of terminal acetylenes is 1. The average Bonchev–Trinajstić information content (AvgIpc) is 2.28. The molecule has 2 aromatic rings. The van der Waals surface area contributed by atoms with Crippen molar-refractivity contribution >= 4 is 0 Å². The van der Waals surface area contributed by atoms with E-state index in [0.717, 1.165) is 5.56 Å². The fourth-order valence-corrected chi connectivity index (χ4v) is 1.90. The van der Waals surface area contributed by atoms with Gasteiger partial charge in [0.05, 0.1) is 0 Å². The summed E-state index contributed by atoms with van der Waals surface area (Å²) < 4.78 is 0. The normalized spacial score (nSPS) is 9.81. The minimum atomic E-state index is 0.924. The maximum absolute atomic E-state index is 5.34. The lowest BCUT2D eigenvalue weighted by molar-refractivity contribution is 1.38. The van der Waals surface area contributed by atoms with Crippen LogP contribution in [0.4, 0.5) is 0 Å². The van der Waals surface area contributed by atoms with Crippen LogP contribution in [0, 0.1) is 26.2 Å². The molecule has 0 spiro atoms. The van der Waals surface area contributed by atoms with Gasteiger partial charge >= 0.3 is 0 Å². The first-order chi connectivity index (χ1) is 7.69. The second-order valence-corrected chi connectivity index (χ2v) is 4.10. The van der Waals surface area contributed by atoms with Crippen molar-refractivity contribution in [1.82, 2.24) is 0 Å². The van der Waals surface area contributed by atoms with Crippen molar-refractivity contribution < 1.29 is 0 Å². The van der Waals surface area contributed by atoms with Gasteiger partial charge in [-0.25, -0.2) is 0 Å². The number of benzene rings is 2. The molecule has 2 rings (SSSR count). The van der Waals surface area contributed by atoms with Crippen LogP contribution in [-0.4, -0.2) is 0 Å². The monoisotopic (exact) mass is 206 g/mol. The van der Waals surface area contributed by atoms with Gasteiger partial charge in [-0.2, -0.15) is 0 Å². The standard InChI is InChI=1S/C16H14/c1-4-14-5-7-15(8-6-14)16-10-12(2)9-13(3)11-16/h1,5-11H,2-3H3. The van der Waals surface area contributed by atoms with E-state index in [1.807, 2.05) is 12.1 Å². The zero-order valence-corrected chi connectivity index (χ0v) is 9.62. The highest BCUT2D eigenvalue weighted by atomic mass is 14.0. The summed E-state index contributed by atoms with van der Waals surface area (Å²) in [6.45, 7) is 4.23. The van der Waals surface area contributed by atoms with Gasteiger partial charge in [0.2, 0.25) is 0 Å². The maximum Gasteiger partial charge on any atom is 0.0243 e. The number of aryl methyl sites for hydroxylation is 2. The van der Waals surface area contributed by atoms with Crippen molar-refractivity contribution in [2.75, 3.05) is 0 Å². The summed E-state index contributed by atoms with van der Waals surface area (Å²) in [6, 6.07) is 14.7. The van der Waals surface area contributed by atoms with E-state index in [2.05, 4.69) is 50.1 Å². The summed E-state index contributed by atoms with van der Waals surface area (Å²) in [5, 5.41) is 0. The van der Waals surface area contributed by atoms with Crippen LogP contribution in [0.1, 0.15) is 16.7 Å². The lowest BCUT2D eigenvalue weighted by Gasteiger charge is -2.05. The first-order valence-electron chi connectivity index (χ1n) is 5.34. The van der Waals surface area contributed by atoms with Crippen LogP contribution in [0.25, 0.3) is 11.1 Å². The van der Waals surface area contributed by atoms with Crippen molar-refractivity contribution in [2.24, 2.45) is 0 Å². The molecular weight excluding hydrogens is 192 g/mol. The van der Waals surface area contributed by atoms with Crippen molar-refractivity contribution in [2.45, 2.75) is 13.8 Å². The molecule has 0 heterocycles. The molecule has 0 bridgehead atoms. The lowest BCUT2D eigenvalue weighted by atomic mass is 10.00. The molecule has 0 aliphatic rings. The second kappa shape index (κ2) is 4.24. The molecular formula is C16H14. The van der Waals surface area contributed by atoms with E-state index in [4.69, 9.17) is 6.42 Å². The Bertz CT molecular complexity index is 519. The first-order valence-corrected chi connectivity index (χ1v) is 5.34. The van der Waals surface area contributed by atoms with Crippen LogP contribution in [0.15, 0.2) is 42.5 Å². The average molecular weight is 206 g/mol. The Kier molecular flexibility index (Phi) is 2.79. The van der Waals surface area contributed by atoms with Gasteiger partial charge < -0.3 is 0 Å². The molecule has 0 aliphatic heterocycles. The Morgan fingerprint density at radius 1 is 0.812 bits per heavy atom. The molecule has 0 N–H and O–H groups in total. The fourth-order valence-electron chi connectivity index (χ4n) is 1.90. The van der Waals surface area contributed by atoms with E-state index in [1.165, 1.54) is 22.3 Å². The van der Waals surface area contributed by atoms with E-state index in [-0.39, 0.29) is 0 Å².